The lowest BCUT2D eigenvalue weighted by Gasteiger charge is -2.16. The van der Waals surface area contributed by atoms with Crippen molar-refractivity contribution in [2.45, 2.75) is 6.18 Å². The molecule has 2 aromatic rings. The number of carboxylic acid groups (broad SMARTS) is 1. The first kappa shape index (κ1) is 13.9. The zero-order valence-electron chi connectivity index (χ0n) is 9.98. The molecule has 0 radical (unpaired) electrons. The molecule has 0 aliphatic heterocycles. The number of anilines is 1. The molecule has 0 atom stereocenters. The zero-order valence-corrected chi connectivity index (χ0v) is 9.98. The van der Waals surface area contributed by atoms with E-state index >= 15 is 0 Å². The molecular formula is C13H9F3N2O2. The summed E-state index contributed by atoms with van der Waals surface area (Å²) in [6, 6.07) is 4.52. The van der Waals surface area contributed by atoms with Crippen molar-refractivity contribution < 1.29 is 23.1 Å². The van der Waals surface area contributed by atoms with E-state index in [1.54, 1.807) is 0 Å². The first-order chi connectivity index (χ1) is 9.32. The van der Waals surface area contributed by atoms with Crippen molar-refractivity contribution in [2.75, 3.05) is 5.73 Å². The van der Waals surface area contributed by atoms with Crippen LogP contribution in [-0.2, 0) is 6.18 Å². The van der Waals surface area contributed by atoms with Crippen LogP contribution >= 0.6 is 0 Å². The Kier molecular flexibility index (Phi) is 3.35. The van der Waals surface area contributed by atoms with E-state index < -0.39 is 17.7 Å². The lowest BCUT2D eigenvalue weighted by molar-refractivity contribution is -0.137. The Morgan fingerprint density at radius 2 is 1.95 bits per heavy atom. The summed E-state index contributed by atoms with van der Waals surface area (Å²) in [6.07, 6.45) is -2.43. The standard InChI is InChI=1S/C13H9F3N2O2/c14-13(15,16)9-2-1-3-10(17)11(9)7-4-5-18-6-8(7)12(19)20/h1-6H,17H2,(H,19,20). The maximum atomic E-state index is 13.0. The van der Waals surface area contributed by atoms with Gasteiger partial charge in [0.05, 0.1) is 11.1 Å². The summed E-state index contributed by atoms with van der Waals surface area (Å²) in [5, 5.41) is 9.05. The molecule has 104 valence electrons. The van der Waals surface area contributed by atoms with Crippen LogP contribution in [0.5, 0.6) is 0 Å². The van der Waals surface area contributed by atoms with Gasteiger partial charge in [0.15, 0.2) is 0 Å². The summed E-state index contributed by atoms with van der Waals surface area (Å²) >= 11 is 0. The minimum atomic E-state index is -4.64. The molecule has 0 saturated carbocycles. The van der Waals surface area contributed by atoms with E-state index in [1.807, 2.05) is 0 Å². The van der Waals surface area contributed by atoms with Crippen LogP contribution in [-0.4, -0.2) is 16.1 Å². The number of nitrogens with two attached hydrogens (primary N) is 1. The quantitative estimate of drug-likeness (QED) is 0.830. The molecule has 20 heavy (non-hydrogen) atoms. The summed E-state index contributed by atoms with van der Waals surface area (Å²) < 4.78 is 39.1. The number of pyridine rings is 1. The SMILES string of the molecule is Nc1cccc(C(F)(F)F)c1-c1ccncc1C(=O)O. The number of nitrogens with zero attached hydrogens (tertiary/aromatic N) is 1. The number of alkyl halides is 3. The van der Waals surface area contributed by atoms with Crippen LogP contribution in [0.1, 0.15) is 15.9 Å². The van der Waals surface area contributed by atoms with E-state index in [-0.39, 0.29) is 22.4 Å². The van der Waals surface area contributed by atoms with Crippen LogP contribution in [0.3, 0.4) is 0 Å². The number of aromatic carboxylic acids is 1. The molecule has 0 unspecified atom stereocenters. The second kappa shape index (κ2) is 4.84. The van der Waals surface area contributed by atoms with Crippen molar-refractivity contribution in [3.05, 3.63) is 47.8 Å². The van der Waals surface area contributed by atoms with E-state index in [1.165, 1.54) is 24.4 Å². The Morgan fingerprint density at radius 1 is 1.25 bits per heavy atom. The number of rotatable bonds is 2. The Hall–Kier alpha value is -2.57. The van der Waals surface area contributed by atoms with E-state index in [4.69, 9.17) is 10.8 Å². The van der Waals surface area contributed by atoms with E-state index in [9.17, 15) is 18.0 Å². The molecule has 1 aromatic carbocycles. The second-order valence-corrected chi connectivity index (χ2v) is 3.99. The summed E-state index contributed by atoms with van der Waals surface area (Å²) in [5.74, 6) is -1.37. The molecule has 3 N–H and O–H groups in total. The fraction of sp³-hybridized carbons (Fsp3) is 0.0769. The van der Waals surface area contributed by atoms with Crippen LogP contribution in [0.4, 0.5) is 18.9 Å². The minimum Gasteiger partial charge on any atom is -0.478 e. The van der Waals surface area contributed by atoms with Gasteiger partial charge in [0.25, 0.3) is 0 Å². The third kappa shape index (κ3) is 2.42. The van der Waals surface area contributed by atoms with Gasteiger partial charge in [0, 0.05) is 29.2 Å². The Morgan fingerprint density at radius 3 is 2.55 bits per heavy atom. The fourth-order valence-electron chi connectivity index (χ4n) is 1.89. The van der Waals surface area contributed by atoms with Crippen LogP contribution < -0.4 is 5.73 Å². The molecule has 0 spiro atoms. The summed E-state index contributed by atoms with van der Waals surface area (Å²) in [6.45, 7) is 0. The fourth-order valence-corrected chi connectivity index (χ4v) is 1.89. The average Bonchev–Trinajstić information content (AvgIpc) is 2.37. The van der Waals surface area contributed by atoms with Gasteiger partial charge in [-0.05, 0) is 18.2 Å². The van der Waals surface area contributed by atoms with Gasteiger partial charge in [-0.1, -0.05) is 6.07 Å². The van der Waals surface area contributed by atoms with Crippen molar-refractivity contribution >= 4 is 11.7 Å². The number of nitrogen functional groups attached to an aromatic ring is 1. The van der Waals surface area contributed by atoms with Crippen molar-refractivity contribution in [2.24, 2.45) is 0 Å². The second-order valence-electron chi connectivity index (χ2n) is 3.99. The van der Waals surface area contributed by atoms with E-state index in [0.717, 1.165) is 12.3 Å². The lowest BCUT2D eigenvalue weighted by atomic mass is 9.95. The smallest absolute Gasteiger partial charge is 0.417 e. The molecule has 0 aliphatic carbocycles. The highest BCUT2D eigenvalue weighted by molar-refractivity contribution is 5.98. The third-order valence-corrected chi connectivity index (χ3v) is 2.72. The first-order valence-electron chi connectivity index (χ1n) is 5.45. The van der Waals surface area contributed by atoms with Crippen LogP contribution in [0.2, 0.25) is 0 Å². The number of benzene rings is 1. The monoisotopic (exact) mass is 282 g/mol. The number of halogens is 3. The van der Waals surface area contributed by atoms with Gasteiger partial charge >= 0.3 is 12.1 Å². The highest BCUT2D eigenvalue weighted by atomic mass is 19.4. The van der Waals surface area contributed by atoms with E-state index in [0.29, 0.717) is 0 Å². The van der Waals surface area contributed by atoms with Gasteiger partial charge in [0.2, 0.25) is 0 Å². The predicted molar refractivity (Wildman–Crippen MR) is 66.0 cm³/mol. The van der Waals surface area contributed by atoms with Gasteiger partial charge in [-0.15, -0.1) is 0 Å². The highest BCUT2D eigenvalue weighted by Gasteiger charge is 2.35. The van der Waals surface area contributed by atoms with Crippen molar-refractivity contribution in [1.82, 2.24) is 4.98 Å². The van der Waals surface area contributed by atoms with Crippen molar-refractivity contribution in [3.8, 4) is 11.1 Å². The molecule has 2 rings (SSSR count). The highest BCUT2D eigenvalue weighted by Crippen LogP contribution is 2.40. The Bertz CT molecular complexity index is 669. The Labute approximate surface area is 111 Å². The lowest BCUT2D eigenvalue weighted by Crippen LogP contribution is -2.11. The van der Waals surface area contributed by atoms with Gasteiger partial charge in [-0.3, -0.25) is 4.98 Å². The third-order valence-electron chi connectivity index (χ3n) is 2.72. The van der Waals surface area contributed by atoms with Crippen LogP contribution in [0, 0.1) is 0 Å². The van der Waals surface area contributed by atoms with Gasteiger partial charge in [0.1, 0.15) is 0 Å². The minimum absolute atomic E-state index is 0.113. The first-order valence-corrected chi connectivity index (χ1v) is 5.45. The summed E-state index contributed by atoms with van der Waals surface area (Å²) in [4.78, 5) is 14.7. The molecular weight excluding hydrogens is 273 g/mol. The van der Waals surface area contributed by atoms with Crippen LogP contribution in [0.15, 0.2) is 36.7 Å². The molecule has 0 bridgehead atoms. The summed E-state index contributed by atoms with van der Waals surface area (Å²) in [7, 11) is 0. The molecule has 1 aromatic heterocycles. The largest absolute Gasteiger partial charge is 0.478 e. The molecule has 1 heterocycles. The Balaban J connectivity index is 2.80. The predicted octanol–water partition coefficient (Wildman–Crippen LogP) is 3.05. The number of hydrogen-bond donors (Lipinski definition) is 2. The molecule has 0 fully saturated rings. The number of hydrogen-bond acceptors (Lipinski definition) is 3. The summed E-state index contributed by atoms with van der Waals surface area (Å²) in [5.41, 5.74) is 3.68. The van der Waals surface area contributed by atoms with Gasteiger partial charge in [-0.2, -0.15) is 13.2 Å². The number of aromatic nitrogens is 1. The molecule has 0 aliphatic rings. The average molecular weight is 282 g/mol. The van der Waals surface area contributed by atoms with Gasteiger partial charge < -0.3 is 10.8 Å². The molecule has 7 heteroatoms. The number of carboxylic acids is 1. The topological polar surface area (TPSA) is 76.2 Å². The van der Waals surface area contributed by atoms with Crippen molar-refractivity contribution in [1.29, 1.82) is 0 Å². The van der Waals surface area contributed by atoms with E-state index in [2.05, 4.69) is 4.98 Å². The maximum Gasteiger partial charge on any atom is 0.417 e. The molecule has 0 amide bonds. The van der Waals surface area contributed by atoms with Crippen LogP contribution in [0.25, 0.3) is 11.1 Å². The number of carbonyl (C=O) groups is 1. The molecule has 0 saturated heterocycles. The molecule has 4 nitrogen and oxygen atoms in total. The van der Waals surface area contributed by atoms with Crippen molar-refractivity contribution in [3.63, 3.8) is 0 Å². The normalized spacial score (nSPS) is 11.3. The van der Waals surface area contributed by atoms with Gasteiger partial charge in [-0.25, -0.2) is 4.79 Å². The maximum absolute atomic E-state index is 13.0. The zero-order chi connectivity index (χ0) is 14.9.